The van der Waals surface area contributed by atoms with Crippen molar-refractivity contribution < 1.29 is 9.18 Å². The Kier molecular flexibility index (Phi) is 5.94. The molecule has 19 heavy (non-hydrogen) atoms. The second-order valence-corrected chi connectivity index (χ2v) is 6.04. The minimum atomic E-state index is -0.515. The summed E-state index contributed by atoms with van der Waals surface area (Å²) in [6.07, 6.45) is 0. The Morgan fingerprint density at radius 1 is 1.42 bits per heavy atom. The maximum atomic E-state index is 13.7. The predicted octanol–water partition coefficient (Wildman–Crippen LogP) is 2.90. The van der Waals surface area contributed by atoms with Crippen LogP contribution in [-0.4, -0.2) is 37.5 Å². The standard InChI is InChI=1S/C14H20BrFN2O/c1-9(2)12(8-18(3)4)17-14(19)13-10(15)6-5-7-11(13)16/h5-7,9,12H,8H2,1-4H3,(H,17,19). The van der Waals surface area contributed by atoms with Crippen molar-refractivity contribution in [1.29, 1.82) is 0 Å². The molecule has 1 aromatic rings. The van der Waals surface area contributed by atoms with Crippen molar-refractivity contribution in [3.05, 3.63) is 34.1 Å². The zero-order valence-electron chi connectivity index (χ0n) is 11.7. The van der Waals surface area contributed by atoms with Crippen LogP contribution < -0.4 is 5.32 Å². The number of nitrogens with zero attached hydrogens (tertiary/aromatic N) is 1. The van der Waals surface area contributed by atoms with Crippen molar-refractivity contribution in [1.82, 2.24) is 10.2 Å². The van der Waals surface area contributed by atoms with Crippen LogP contribution in [0.2, 0.25) is 0 Å². The van der Waals surface area contributed by atoms with Crippen LogP contribution in [-0.2, 0) is 0 Å². The molecule has 3 nitrogen and oxygen atoms in total. The summed E-state index contributed by atoms with van der Waals surface area (Å²) in [6.45, 7) is 4.78. The number of halogens is 2. The molecule has 5 heteroatoms. The van der Waals surface area contributed by atoms with E-state index in [0.29, 0.717) is 4.47 Å². The molecule has 1 aromatic carbocycles. The van der Waals surface area contributed by atoms with Crippen molar-refractivity contribution in [2.45, 2.75) is 19.9 Å². The molecule has 1 unspecified atom stereocenters. The van der Waals surface area contributed by atoms with Crippen LogP contribution in [0, 0.1) is 11.7 Å². The van der Waals surface area contributed by atoms with Gasteiger partial charge in [-0.3, -0.25) is 4.79 Å². The average molecular weight is 331 g/mol. The van der Waals surface area contributed by atoms with Gasteiger partial charge in [0.05, 0.1) is 5.56 Å². The van der Waals surface area contributed by atoms with Crippen LogP contribution in [0.1, 0.15) is 24.2 Å². The number of benzene rings is 1. The van der Waals surface area contributed by atoms with Crippen LogP contribution in [0.3, 0.4) is 0 Å². The molecule has 0 saturated carbocycles. The Morgan fingerprint density at radius 2 is 2.05 bits per heavy atom. The molecule has 0 aliphatic heterocycles. The molecule has 1 amide bonds. The van der Waals surface area contributed by atoms with Crippen LogP contribution in [0.4, 0.5) is 4.39 Å². The summed E-state index contributed by atoms with van der Waals surface area (Å²) in [5.74, 6) is -0.623. The van der Waals surface area contributed by atoms with Crippen LogP contribution in [0.15, 0.2) is 22.7 Å². The highest BCUT2D eigenvalue weighted by molar-refractivity contribution is 9.10. The Hall–Kier alpha value is -0.940. The molecule has 1 atom stereocenters. The third-order valence-corrected chi connectivity index (χ3v) is 3.53. The maximum Gasteiger partial charge on any atom is 0.255 e. The van der Waals surface area contributed by atoms with Gasteiger partial charge in [-0.05, 0) is 48.1 Å². The van der Waals surface area contributed by atoms with E-state index in [0.717, 1.165) is 6.54 Å². The van der Waals surface area contributed by atoms with Gasteiger partial charge < -0.3 is 10.2 Å². The van der Waals surface area contributed by atoms with Gasteiger partial charge >= 0.3 is 0 Å². The molecule has 106 valence electrons. The van der Waals surface area contributed by atoms with Gasteiger partial charge in [-0.25, -0.2) is 4.39 Å². The van der Waals surface area contributed by atoms with Crippen molar-refractivity contribution >= 4 is 21.8 Å². The number of carbonyl (C=O) groups is 1. The van der Waals surface area contributed by atoms with Gasteiger partial charge in [0.2, 0.25) is 0 Å². The Bertz CT molecular complexity index is 429. The minimum Gasteiger partial charge on any atom is -0.348 e. The van der Waals surface area contributed by atoms with E-state index in [2.05, 4.69) is 21.2 Å². The van der Waals surface area contributed by atoms with Crippen molar-refractivity contribution in [2.24, 2.45) is 5.92 Å². The molecule has 1 N–H and O–H groups in total. The van der Waals surface area contributed by atoms with Crippen molar-refractivity contribution in [3.8, 4) is 0 Å². The van der Waals surface area contributed by atoms with E-state index in [-0.39, 0.29) is 23.4 Å². The number of hydrogen-bond donors (Lipinski definition) is 1. The average Bonchev–Trinajstić information content (AvgIpc) is 2.27. The molecule has 0 bridgehead atoms. The molecule has 0 aliphatic rings. The highest BCUT2D eigenvalue weighted by Gasteiger charge is 2.21. The second kappa shape index (κ2) is 7.01. The first kappa shape index (κ1) is 16.1. The first-order chi connectivity index (χ1) is 8.82. The van der Waals surface area contributed by atoms with Crippen molar-refractivity contribution in [2.75, 3.05) is 20.6 Å². The van der Waals surface area contributed by atoms with Gasteiger partial charge in [0.25, 0.3) is 5.91 Å². The Labute approximate surface area is 122 Å². The maximum absolute atomic E-state index is 13.7. The highest BCUT2D eigenvalue weighted by Crippen LogP contribution is 2.20. The van der Waals surface area contributed by atoms with E-state index in [1.165, 1.54) is 6.07 Å². The Morgan fingerprint density at radius 3 is 2.53 bits per heavy atom. The summed E-state index contributed by atoms with van der Waals surface area (Å²) in [7, 11) is 3.89. The number of nitrogens with one attached hydrogen (secondary N) is 1. The quantitative estimate of drug-likeness (QED) is 0.900. The molecule has 1 rings (SSSR count). The topological polar surface area (TPSA) is 32.3 Å². The lowest BCUT2D eigenvalue weighted by molar-refractivity contribution is 0.0911. The summed E-state index contributed by atoms with van der Waals surface area (Å²) in [6, 6.07) is 4.49. The third kappa shape index (κ3) is 4.58. The van der Waals surface area contributed by atoms with E-state index in [4.69, 9.17) is 0 Å². The van der Waals surface area contributed by atoms with Crippen molar-refractivity contribution in [3.63, 3.8) is 0 Å². The van der Waals surface area contributed by atoms with Gasteiger partial charge in [0, 0.05) is 17.1 Å². The summed E-state index contributed by atoms with van der Waals surface area (Å²) in [4.78, 5) is 14.2. The molecule has 0 spiro atoms. The van der Waals surface area contributed by atoms with Gasteiger partial charge in [-0.1, -0.05) is 19.9 Å². The smallest absolute Gasteiger partial charge is 0.255 e. The number of rotatable bonds is 5. The lowest BCUT2D eigenvalue weighted by atomic mass is 10.0. The number of amides is 1. The molecule has 0 aliphatic carbocycles. The summed E-state index contributed by atoms with van der Waals surface area (Å²) in [5.41, 5.74) is 0.0620. The third-order valence-electron chi connectivity index (χ3n) is 2.87. The normalized spacial score (nSPS) is 12.8. The molecule has 0 radical (unpaired) electrons. The predicted molar refractivity (Wildman–Crippen MR) is 78.7 cm³/mol. The first-order valence-electron chi connectivity index (χ1n) is 6.22. The van der Waals surface area contributed by atoms with E-state index in [9.17, 15) is 9.18 Å². The SMILES string of the molecule is CC(C)C(CN(C)C)NC(=O)c1c(F)cccc1Br. The van der Waals surface area contributed by atoms with Crippen LogP contribution >= 0.6 is 15.9 Å². The van der Waals surface area contributed by atoms with E-state index < -0.39 is 5.82 Å². The van der Waals surface area contributed by atoms with Gasteiger partial charge in [-0.2, -0.15) is 0 Å². The fourth-order valence-corrected chi connectivity index (χ4v) is 2.29. The minimum absolute atomic E-state index is 0.0194. The number of hydrogen-bond acceptors (Lipinski definition) is 2. The van der Waals surface area contributed by atoms with E-state index in [1.807, 2.05) is 32.8 Å². The second-order valence-electron chi connectivity index (χ2n) is 5.18. The molecule has 0 aromatic heterocycles. The van der Waals surface area contributed by atoms with Crippen LogP contribution in [0.5, 0.6) is 0 Å². The summed E-state index contributed by atoms with van der Waals surface area (Å²) in [5, 5.41) is 2.90. The largest absolute Gasteiger partial charge is 0.348 e. The van der Waals surface area contributed by atoms with Gasteiger partial charge in [0.15, 0.2) is 0 Å². The fourth-order valence-electron chi connectivity index (χ4n) is 1.77. The lowest BCUT2D eigenvalue weighted by Gasteiger charge is -2.25. The number of likely N-dealkylation sites (N-methyl/N-ethyl adjacent to an activating group) is 1. The molecule has 0 saturated heterocycles. The number of carbonyl (C=O) groups excluding carboxylic acids is 1. The van der Waals surface area contributed by atoms with Gasteiger partial charge in [0.1, 0.15) is 5.82 Å². The molecule has 0 fully saturated rings. The van der Waals surface area contributed by atoms with Gasteiger partial charge in [-0.15, -0.1) is 0 Å². The monoisotopic (exact) mass is 330 g/mol. The summed E-state index contributed by atoms with van der Waals surface area (Å²) >= 11 is 3.21. The lowest BCUT2D eigenvalue weighted by Crippen LogP contribution is -2.45. The highest BCUT2D eigenvalue weighted by atomic mass is 79.9. The first-order valence-corrected chi connectivity index (χ1v) is 7.01. The fraction of sp³-hybridized carbons (Fsp3) is 0.500. The molecular formula is C14H20BrFN2O. The zero-order chi connectivity index (χ0) is 14.6. The summed E-state index contributed by atoms with van der Waals surface area (Å²) < 4.78 is 14.2. The van der Waals surface area contributed by atoms with Crippen LogP contribution in [0.25, 0.3) is 0 Å². The Balaban J connectivity index is 2.88. The zero-order valence-corrected chi connectivity index (χ0v) is 13.3. The van der Waals surface area contributed by atoms with E-state index in [1.54, 1.807) is 12.1 Å². The molecular weight excluding hydrogens is 311 g/mol. The van der Waals surface area contributed by atoms with E-state index >= 15 is 0 Å². The molecule has 0 heterocycles.